The second-order valence-electron chi connectivity index (χ2n) is 6.07. The van der Waals surface area contributed by atoms with Gasteiger partial charge in [-0.1, -0.05) is 6.08 Å². The maximum Gasteiger partial charge on any atom is 0.200 e. The number of rotatable bonds is 4. The van der Waals surface area contributed by atoms with Gasteiger partial charge in [0.1, 0.15) is 17.7 Å². The van der Waals surface area contributed by atoms with E-state index in [2.05, 4.69) is 4.90 Å². The van der Waals surface area contributed by atoms with Crippen LogP contribution in [0.15, 0.2) is 23.8 Å². The van der Waals surface area contributed by atoms with Crippen LogP contribution in [0, 0.1) is 51.7 Å². The summed E-state index contributed by atoms with van der Waals surface area (Å²) < 4.78 is 69.1. The highest BCUT2D eigenvalue weighted by atomic mass is 32.2. The van der Waals surface area contributed by atoms with Crippen LogP contribution in [0.4, 0.5) is 27.0 Å². The molecule has 0 saturated carbocycles. The highest BCUT2D eigenvalue weighted by molar-refractivity contribution is 7.99. The number of thioether (sulfide) groups is 1. The van der Waals surface area contributed by atoms with Crippen molar-refractivity contribution in [1.29, 1.82) is 10.5 Å². The number of nitrogens with zero attached hydrogens (tertiary/aromatic N) is 3. The third kappa shape index (κ3) is 4.20. The molecular formula is C20H12F5N3S2. The molecule has 0 aliphatic carbocycles. The summed E-state index contributed by atoms with van der Waals surface area (Å²) in [5.41, 5.74) is -2.78. The van der Waals surface area contributed by atoms with E-state index in [4.69, 9.17) is 10.5 Å². The van der Waals surface area contributed by atoms with E-state index in [0.29, 0.717) is 4.88 Å². The van der Waals surface area contributed by atoms with E-state index in [-0.39, 0.29) is 0 Å². The first-order valence-electron chi connectivity index (χ1n) is 8.56. The number of hydrogen-bond acceptors (Lipinski definition) is 5. The van der Waals surface area contributed by atoms with Crippen molar-refractivity contribution in [3.05, 3.63) is 63.3 Å². The Morgan fingerprint density at radius 2 is 1.47 bits per heavy atom. The van der Waals surface area contributed by atoms with Gasteiger partial charge >= 0.3 is 0 Å². The van der Waals surface area contributed by atoms with Gasteiger partial charge < -0.3 is 4.90 Å². The minimum atomic E-state index is -2.31. The number of hydrogen-bond donors (Lipinski definition) is 0. The topological polar surface area (TPSA) is 50.8 Å². The van der Waals surface area contributed by atoms with Crippen LogP contribution in [0.5, 0.6) is 0 Å². The van der Waals surface area contributed by atoms with Crippen LogP contribution in [0.2, 0.25) is 0 Å². The molecule has 3 rings (SSSR count). The van der Waals surface area contributed by atoms with Crippen molar-refractivity contribution in [2.45, 2.75) is 0 Å². The number of halogens is 5. The molecule has 0 atom stereocenters. The summed E-state index contributed by atoms with van der Waals surface area (Å²) in [5.74, 6) is -8.83. The lowest BCUT2D eigenvalue weighted by Gasteiger charge is -2.26. The fourth-order valence-corrected chi connectivity index (χ4v) is 4.69. The van der Waals surface area contributed by atoms with E-state index in [0.717, 1.165) is 35.7 Å². The Hall–Kier alpha value is -2.82. The van der Waals surface area contributed by atoms with Gasteiger partial charge in [0.2, 0.25) is 5.82 Å². The van der Waals surface area contributed by atoms with Gasteiger partial charge in [0.05, 0.1) is 10.6 Å². The van der Waals surface area contributed by atoms with E-state index in [1.807, 2.05) is 17.8 Å². The molecule has 0 unspecified atom stereocenters. The Bertz CT molecular complexity index is 1070. The van der Waals surface area contributed by atoms with Gasteiger partial charge in [-0.15, -0.1) is 11.3 Å². The maximum atomic E-state index is 14.2. The highest BCUT2D eigenvalue weighted by Gasteiger charge is 2.28. The molecule has 1 saturated heterocycles. The van der Waals surface area contributed by atoms with Crippen molar-refractivity contribution in [3.8, 4) is 12.1 Å². The van der Waals surface area contributed by atoms with Crippen molar-refractivity contribution < 1.29 is 22.0 Å². The van der Waals surface area contributed by atoms with Crippen LogP contribution >= 0.6 is 23.1 Å². The van der Waals surface area contributed by atoms with E-state index >= 15 is 0 Å². The van der Waals surface area contributed by atoms with Gasteiger partial charge in [-0.2, -0.15) is 22.3 Å². The molecule has 2 aromatic rings. The van der Waals surface area contributed by atoms with Crippen LogP contribution in [0.3, 0.4) is 0 Å². The van der Waals surface area contributed by atoms with E-state index in [1.165, 1.54) is 29.6 Å². The lowest BCUT2D eigenvalue weighted by molar-refractivity contribution is 0.376. The quantitative estimate of drug-likeness (QED) is 0.201. The fourth-order valence-electron chi connectivity index (χ4n) is 2.83. The molecular weight excluding hydrogens is 441 g/mol. The van der Waals surface area contributed by atoms with Crippen LogP contribution < -0.4 is 4.90 Å². The molecule has 1 aromatic heterocycles. The SMILES string of the molecule is N#CC(C#N)=C(C=Cc1ccc(N2CCSCC2)s1)c1c(F)c(F)c(F)c(F)c1F. The smallest absolute Gasteiger partial charge is 0.200 e. The fraction of sp³-hybridized carbons (Fsp3) is 0.200. The molecule has 2 heterocycles. The molecule has 3 nitrogen and oxygen atoms in total. The summed E-state index contributed by atoms with van der Waals surface area (Å²) in [6, 6.07) is 6.47. The first-order chi connectivity index (χ1) is 14.4. The van der Waals surface area contributed by atoms with Crippen molar-refractivity contribution in [2.24, 2.45) is 0 Å². The Labute approximate surface area is 177 Å². The molecule has 0 bridgehead atoms. The Morgan fingerprint density at radius 1 is 0.900 bits per heavy atom. The molecule has 0 amide bonds. The van der Waals surface area contributed by atoms with Crippen LogP contribution in [-0.4, -0.2) is 24.6 Å². The lowest BCUT2D eigenvalue weighted by atomic mass is 9.98. The van der Waals surface area contributed by atoms with E-state index in [1.54, 1.807) is 6.07 Å². The minimum absolute atomic E-state index is 0.625. The lowest BCUT2D eigenvalue weighted by Crippen LogP contribution is -2.31. The van der Waals surface area contributed by atoms with Crippen molar-refractivity contribution >= 4 is 39.7 Å². The number of thiophene rings is 1. The summed E-state index contributed by atoms with van der Waals surface area (Å²) in [7, 11) is 0. The molecule has 1 fully saturated rings. The summed E-state index contributed by atoms with van der Waals surface area (Å²) >= 11 is 3.22. The normalized spacial score (nSPS) is 13.9. The van der Waals surface area contributed by atoms with Gasteiger partial charge in [0.15, 0.2) is 23.3 Å². The van der Waals surface area contributed by atoms with Gasteiger partial charge in [0.25, 0.3) is 0 Å². The average Bonchev–Trinajstić information content (AvgIpc) is 3.25. The first-order valence-corrected chi connectivity index (χ1v) is 10.5. The maximum absolute atomic E-state index is 14.2. The van der Waals surface area contributed by atoms with Gasteiger partial charge in [-0.3, -0.25) is 0 Å². The van der Waals surface area contributed by atoms with Crippen LogP contribution in [0.1, 0.15) is 10.4 Å². The molecule has 1 aliphatic rings. The first kappa shape index (κ1) is 21.9. The van der Waals surface area contributed by atoms with Gasteiger partial charge in [-0.25, -0.2) is 22.0 Å². The Balaban J connectivity index is 2.05. The number of benzene rings is 1. The minimum Gasteiger partial charge on any atom is -0.362 e. The molecule has 30 heavy (non-hydrogen) atoms. The monoisotopic (exact) mass is 453 g/mol. The van der Waals surface area contributed by atoms with Crippen molar-refractivity contribution in [2.75, 3.05) is 29.5 Å². The van der Waals surface area contributed by atoms with Crippen molar-refractivity contribution in [1.82, 2.24) is 0 Å². The van der Waals surface area contributed by atoms with E-state index < -0.39 is 45.8 Å². The molecule has 1 aliphatic heterocycles. The molecule has 154 valence electrons. The highest BCUT2D eigenvalue weighted by Crippen LogP contribution is 2.33. The number of allylic oxidation sites excluding steroid dienone is 3. The second kappa shape index (κ2) is 9.33. The molecule has 0 spiro atoms. The number of anilines is 1. The zero-order valence-electron chi connectivity index (χ0n) is 15.2. The number of nitriles is 2. The van der Waals surface area contributed by atoms with Gasteiger partial charge in [0, 0.05) is 35.0 Å². The third-order valence-electron chi connectivity index (χ3n) is 4.32. The Kier molecular flexibility index (Phi) is 6.80. The molecule has 0 radical (unpaired) electrons. The third-order valence-corrected chi connectivity index (χ3v) is 6.38. The standard InChI is InChI=1S/C20H12F5N3S2/c21-16-15(17(22)19(24)20(25)18(16)23)13(11(9-26)10-27)3-1-12-2-4-14(30-12)28-5-7-29-8-6-28/h1-4H,5-8H2. The zero-order valence-corrected chi connectivity index (χ0v) is 16.8. The Morgan fingerprint density at radius 3 is 2.03 bits per heavy atom. The van der Waals surface area contributed by atoms with Crippen LogP contribution in [0.25, 0.3) is 11.6 Å². The molecule has 10 heteroatoms. The zero-order chi connectivity index (χ0) is 21.8. The van der Waals surface area contributed by atoms with Crippen molar-refractivity contribution in [3.63, 3.8) is 0 Å². The van der Waals surface area contributed by atoms with Crippen LogP contribution in [-0.2, 0) is 0 Å². The summed E-state index contributed by atoms with van der Waals surface area (Å²) in [6.45, 7) is 1.74. The summed E-state index contributed by atoms with van der Waals surface area (Å²) in [6.07, 6.45) is 2.39. The largest absolute Gasteiger partial charge is 0.362 e. The summed E-state index contributed by atoms with van der Waals surface area (Å²) in [5, 5.41) is 19.2. The van der Waals surface area contributed by atoms with Gasteiger partial charge in [-0.05, 0) is 18.2 Å². The average molecular weight is 453 g/mol. The summed E-state index contributed by atoms with van der Waals surface area (Å²) in [4.78, 5) is 2.80. The second-order valence-corrected chi connectivity index (χ2v) is 8.38. The predicted octanol–water partition coefficient (Wildman–Crippen LogP) is 5.51. The molecule has 0 N–H and O–H groups in total. The molecule has 1 aromatic carbocycles. The predicted molar refractivity (Wildman–Crippen MR) is 107 cm³/mol. The van der Waals surface area contributed by atoms with E-state index in [9.17, 15) is 22.0 Å².